The average Bonchev–Trinajstić information content (AvgIpc) is 2.32. The lowest BCUT2D eigenvalue weighted by Crippen LogP contribution is -2.33. The second-order valence-corrected chi connectivity index (χ2v) is 6.00. The molecule has 0 saturated heterocycles. The van der Waals surface area contributed by atoms with Gasteiger partial charge >= 0.3 is 0 Å². The third-order valence-electron chi connectivity index (χ3n) is 2.97. The van der Waals surface area contributed by atoms with Gasteiger partial charge in [-0.05, 0) is 24.8 Å². The van der Waals surface area contributed by atoms with Crippen molar-refractivity contribution >= 4 is 11.8 Å². The number of amidine groups is 1. The molecule has 0 bridgehead atoms. The van der Waals surface area contributed by atoms with E-state index in [0.717, 1.165) is 23.9 Å². The number of hydrogen-bond acceptors (Lipinski definition) is 4. The molecule has 5 nitrogen and oxygen atoms in total. The van der Waals surface area contributed by atoms with Gasteiger partial charge in [0, 0.05) is 30.9 Å². The summed E-state index contributed by atoms with van der Waals surface area (Å²) in [5.74, 6) is 1.84. The van der Waals surface area contributed by atoms with Gasteiger partial charge in [0.1, 0.15) is 0 Å². The van der Waals surface area contributed by atoms with Crippen molar-refractivity contribution in [3.63, 3.8) is 0 Å². The van der Waals surface area contributed by atoms with Crippen molar-refractivity contribution in [2.24, 2.45) is 11.7 Å². The Morgan fingerprint density at radius 1 is 1.30 bits per heavy atom. The molecule has 0 atom stereocenters. The van der Waals surface area contributed by atoms with Crippen molar-refractivity contribution in [3.8, 4) is 0 Å². The predicted molar refractivity (Wildman–Crippen MR) is 84.4 cm³/mol. The summed E-state index contributed by atoms with van der Waals surface area (Å²) in [4.78, 5) is 11.3. The van der Waals surface area contributed by atoms with Crippen molar-refractivity contribution in [1.82, 2.24) is 9.97 Å². The Kier molecular flexibility index (Phi) is 5.92. The Bertz CT molecular complexity index is 454. The maximum absolute atomic E-state index is 7.40. The van der Waals surface area contributed by atoms with E-state index in [2.05, 4.69) is 42.6 Å². The van der Waals surface area contributed by atoms with Gasteiger partial charge in [-0.25, -0.2) is 9.97 Å². The smallest absolute Gasteiger partial charge is 0.225 e. The molecule has 1 rings (SSSR count). The summed E-state index contributed by atoms with van der Waals surface area (Å²) in [7, 11) is 0. The molecule has 0 unspecified atom stereocenters. The first kappa shape index (κ1) is 16.4. The van der Waals surface area contributed by atoms with Crippen LogP contribution in [0.3, 0.4) is 0 Å². The lowest BCUT2D eigenvalue weighted by atomic mass is 10.1. The lowest BCUT2D eigenvalue weighted by Gasteiger charge is -2.25. The summed E-state index contributed by atoms with van der Waals surface area (Å²) in [6.45, 7) is 12.2. The summed E-state index contributed by atoms with van der Waals surface area (Å²) in [6.07, 6.45) is 0.543. The molecular formula is C15H27N5. The minimum absolute atomic E-state index is 0.204. The molecular weight excluding hydrogens is 250 g/mol. The highest BCUT2D eigenvalue weighted by atomic mass is 15.3. The second kappa shape index (κ2) is 7.22. The molecule has 0 aromatic carbocycles. The molecule has 0 radical (unpaired) electrons. The van der Waals surface area contributed by atoms with Crippen LogP contribution in [0.2, 0.25) is 0 Å². The third kappa shape index (κ3) is 5.15. The predicted octanol–water partition coefficient (Wildman–Crippen LogP) is 2.70. The minimum atomic E-state index is 0.204. The molecule has 0 saturated carbocycles. The first-order valence-corrected chi connectivity index (χ1v) is 7.23. The van der Waals surface area contributed by atoms with Crippen molar-refractivity contribution < 1.29 is 0 Å². The van der Waals surface area contributed by atoms with Crippen LogP contribution in [0, 0.1) is 18.3 Å². The van der Waals surface area contributed by atoms with E-state index < -0.39 is 0 Å². The molecule has 0 aliphatic carbocycles. The zero-order valence-electron chi connectivity index (χ0n) is 13.3. The average molecular weight is 277 g/mol. The van der Waals surface area contributed by atoms with E-state index in [1.54, 1.807) is 0 Å². The molecule has 5 heteroatoms. The molecule has 1 aromatic rings. The Morgan fingerprint density at radius 2 is 1.95 bits per heavy atom. The molecule has 0 fully saturated rings. The number of anilines is 1. The van der Waals surface area contributed by atoms with Crippen LogP contribution in [0.4, 0.5) is 5.95 Å². The standard InChI is InChI=1S/C15H27N5/c1-10(2)9-20(7-6-14(16)17)15-18-12(5)8-13(19-15)11(3)4/h8,10-11H,6-7,9H2,1-5H3,(H3,16,17). The van der Waals surface area contributed by atoms with Gasteiger partial charge < -0.3 is 10.6 Å². The molecule has 112 valence electrons. The van der Waals surface area contributed by atoms with E-state index in [0.29, 0.717) is 24.8 Å². The fourth-order valence-electron chi connectivity index (χ4n) is 1.98. The number of nitrogens with zero attached hydrogens (tertiary/aromatic N) is 3. The van der Waals surface area contributed by atoms with Crippen molar-refractivity contribution in [2.45, 2.75) is 47.0 Å². The van der Waals surface area contributed by atoms with E-state index in [1.807, 2.05) is 13.0 Å². The van der Waals surface area contributed by atoms with Crippen LogP contribution in [-0.4, -0.2) is 28.9 Å². The molecule has 0 aliphatic rings. The van der Waals surface area contributed by atoms with Gasteiger partial charge in [-0.15, -0.1) is 0 Å². The molecule has 3 N–H and O–H groups in total. The molecule has 20 heavy (non-hydrogen) atoms. The van der Waals surface area contributed by atoms with E-state index in [4.69, 9.17) is 11.1 Å². The third-order valence-corrected chi connectivity index (χ3v) is 2.97. The SMILES string of the molecule is Cc1cc(C(C)C)nc(N(CCC(=N)N)CC(C)C)n1. The first-order valence-electron chi connectivity index (χ1n) is 7.23. The van der Waals surface area contributed by atoms with E-state index in [1.165, 1.54) is 0 Å². The molecule has 1 aromatic heterocycles. The maximum Gasteiger partial charge on any atom is 0.225 e. The highest BCUT2D eigenvalue weighted by molar-refractivity contribution is 5.77. The Morgan fingerprint density at radius 3 is 2.45 bits per heavy atom. The lowest BCUT2D eigenvalue weighted by molar-refractivity contribution is 0.600. The Balaban J connectivity index is 3.02. The zero-order chi connectivity index (χ0) is 15.3. The van der Waals surface area contributed by atoms with Gasteiger partial charge in [0.15, 0.2) is 0 Å². The van der Waals surface area contributed by atoms with Crippen molar-refractivity contribution in [3.05, 3.63) is 17.5 Å². The molecule has 0 amide bonds. The van der Waals surface area contributed by atoms with E-state index >= 15 is 0 Å². The minimum Gasteiger partial charge on any atom is -0.388 e. The number of aromatic nitrogens is 2. The fraction of sp³-hybridized carbons (Fsp3) is 0.667. The van der Waals surface area contributed by atoms with Gasteiger partial charge in [0.25, 0.3) is 0 Å². The van der Waals surface area contributed by atoms with E-state index in [9.17, 15) is 0 Å². The van der Waals surface area contributed by atoms with Crippen LogP contribution in [0.1, 0.15) is 51.4 Å². The highest BCUT2D eigenvalue weighted by Gasteiger charge is 2.14. The zero-order valence-corrected chi connectivity index (χ0v) is 13.3. The Hall–Kier alpha value is -1.65. The largest absolute Gasteiger partial charge is 0.388 e. The van der Waals surface area contributed by atoms with Crippen LogP contribution >= 0.6 is 0 Å². The van der Waals surface area contributed by atoms with Gasteiger partial charge in [-0.3, -0.25) is 5.41 Å². The molecule has 1 heterocycles. The van der Waals surface area contributed by atoms with Gasteiger partial charge in [-0.1, -0.05) is 27.7 Å². The summed E-state index contributed by atoms with van der Waals surface area (Å²) in [6, 6.07) is 2.03. The summed E-state index contributed by atoms with van der Waals surface area (Å²) >= 11 is 0. The topological polar surface area (TPSA) is 78.9 Å². The highest BCUT2D eigenvalue weighted by Crippen LogP contribution is 2.18. The number of aryl methyl sites for hydroxylation is 1. The molecule has 0 aliphatic heterocycles. The van der Waals surface area contributed by atoms with Crippen LogP contribution in [0.15, 0.2) is 6.07 Å². The van der Waals surface area contributed by atoms with Crippen molar-refractivity contribution in [1.29, 1.82) is 5.41 Å². The van der Waals surface area contributed by atoms with Crippen LogP contribution < -0.4 is 10.6 Å². The van der Waals surface area contributed by atoms with Gasteiger partial charge in [0.05, 0.1) is 5.84 Å². The van der Waals surface area contributed by atoms with Crippen molar-refractivity contribution in [2.75, 3.05) is 18.0 Å². The summed E-state index contributed by atoms with van der Waals surface area (Å²) < 4.78 is 0. The first-order chi connectivity index (χ1) is 9.29. The van der Waals surface area contributed by atoms with Crippen LogP contribution in [0.5, 0.6) is 0 Å². The summed E-state index contributed by atoms with van der Waals surface area (Å²) in [5, 5.41) is 7.40. The number of nitrogens with two attached hydrogens (primary N) is 1. The fourth-order valence-corrected chi connectivity index (χ4v) is 1.98. The number of rotatable bonds is 7. The Labute approximate surface area is 122 Å². The normalized spacial score (nSPS) is 11.2. The molecule has 0 spiro atoms. The summed E-state index contributed by atoms with van der Waals surface area (Å²) in [5.41, 5.74) is 7.51. The second-order valence-electron chi connectivity index (χ2n) is 6.00. The number of hydrogen-bond donors (Lipinski definition) is 2. The van der Waals surface area contributed by atoms with Crippen LogP contribution in [-0.2, 0) is 0 Å². The van der Waals surface area contributed by atoms with Gasteiger partial charge in [0.2, 0.25) is 5.95 Å². The maximum atomic E-state index is 7.40. The van der Waals surface area contributed by atoms with E-state index in [-0.39, 0.29) is 5.84 Å². The number of nitrogens with one attached hydrogen (secondary N) is 1. The quantitative estimate of drug-likeness (QED) is 0.593. The monoisotopic (exact) mass is 277 g/mol. The van der Waals surface area contributed by atoms with Gasteiger partial charge in [-0.2, -0.15) is 0 Å². The van der Waals surface area contributed by atoms with Crippen LogP contribution in [0.25, 0.3) is 0 Å².